The van der Waals surface area contributed by atoms with Crippen LogP contribution in [-0.4, -0.2) is 58.3 Å². The maximum Gasteiger partial charge on any atom is 0.222 e. The first-order valence-corrected chi connectivity index (χ1v) is 13.3. The predicted octanol–water partition coefficient (Wildman–Crippen LogP) is 5.44. The van der Waals surface area contributed by atoms with E-state index in [1.807, 2.05) is 67.7 Å². The molecule has 8 heteroatoms. The first-order chi connectivity index (χ1) is 19.0. The number of para-hydroxylation sites is 1. The quantitative estimate of drug-likeness (QED) is 0.263. The van der Waals surface area contributed by atoms with Gasteiger partial charge in [-0.1, -0.05) is 54.6 Å². The number of ether oxygens (including phenoxy) is 3. The van der Waals surface area contributed by atoms with E-state index in [0.29, 0.717) is 37.0 Å². The third-order valence-corrected chi connectivity index (χ3v) is 6.67. The fourth-order valence-electron chi connectivity index (χ4n) is 4.86. The van der Waals surface area contributed by atoms with Crippen LogP contribution in [0, 0.1) is 5.82 Å². The molecular weight excluding hydrogens is 497 g/mol. The summed E-state index contributed by atoms with van der Waals surface area (Å²) in [4.78, 5) is 2.16. The van der Waals surface area contributed by atoms with Gasteiger partial charge in [0.15, 0.2) is 0 Å². The standard InChI is InChI=1S/C31H34FN3O4/c1-34-31(39-27-15-8-12-24(32)18-27)29(30(33-34)23-10-4-2-5-11-23)21-35(20-28-16-9-17-37-28)19-25(36)22-38-26-13-6-3-7-14-26/h2-8,10-15,18,25,28,36H,9,16-17,19-22H2,1H3. The minimum absolute atomic E-state index is 0.0803. The molecule has 2 atom stereocenters. The number of aliphatic hydroxyl groups is 1. The number of hydrogen-bond donors (Lipinski definition) is 1. The van der Waals surface area contributed by atoms with Crippen LogP contribution in [0.4, 0.5) is 4.39 Å². The molecule has 39 heavy (non-hydrogen) atoms. The summed E-state index contributed by atoms with van der Waals surface area (Å²) < 4.78 is 33.6. The largest absolute Gasteiger partial charge is 0.491 e. The highest BCUT2D eigenvalue weighted by molar-refractivity contribution is 5.65. The molecule has 7 nitrogen and oxygen atoms in total. The van der Waals surface area contributed by atoms with E-state index in [2.05, 4.69) is 4.90 Å². The molecule has 4 aromatic rings. The Labute approximate surface area is 228 Å². The maximum atomic E-state index is 14.0. The van der Waals surface area contributed by atoms with Gasteiger partial charge in [0.05, 0.1) is 11.7 Å². The van der Waals surface area contributed by atoms with Crippen LogP contribution in [0.3, 0.4) is 0 Å². The van der Waals surface area contributed by atoms with Crippen molar-refractivity contribution in [2.45, 2.75) is 31.6 Å². The van der Waals surface area contributed by atoms with Crippen molar-refractivity contribution in [1.29, 1.82) is 0 Å². The zero-order valence-corrected chi connectivity index (χ0v) is 22.1. The van der Waals surface area contributed by atoms with E-state index in [0.717, 1.165) is 36.3 Å². The molecule has 1 fully saturated rings. The fourth-order valence-corrected chi connectivity index (χ4v) is 4.86. The monoisotopic (exact) mass is 531 g/mol. The van der Waals surface area contributed by atoms with Gasteiger partial charge < -0.3 is 19.3 Å². The first-order valence-electron chi connectivity index (χ1n) is 13.3. The van der Waals surface area contributed by atoms with Gasteiger partial charge in [-0.3, -0.25) is 4.90 Å². The van der Waals surface area contributed by atoms with E-state index in [-0.39, 0.29) is 18.5 Å². The topological polar surface area (TPSA) is 69.0 Å². The smallest absolute Gasteiger partial charge is 0.222 e. The van der Waals surface area contributed by atoms with Crippen LogP contribution < -0.4 is 9.47 Å². The number of nitrogens with zero attached hydrogens (tertiary/aromatic N) is 3. The second-order valence-electron chi connectivity index (χ2n) is 9.79. The van der Waals surface area contributed by atoms with Gasteiger partial charge in [0.2, 0.25) is 5.88 Å². The molecule has 1 aliphatic heterocycles. The second-order valence-corrected chi connectivity index (χ2v) is 9.79. The Bertz CT molecular complexity index is 1330. The summed E-state index contributed by atoms with van der Waals surface area (Å²) in [6.07, 6.45) is 1.35. The average molecular weight is 532 g/mol. The highest BCUT2D eigenvalue weighted by atomic mass is 19.1. The predicted molar refractivity (Wildman–Crippen MR) is 147 cm³/mol. The normalized spacial score (nSPS) is 15.9. The first kappa shape index (κ1) is 26.9. The SMILES string of the molecule is Cn1nc(-c2ccccc2)c(CN(CC(O)COc2ccccc2)CC2CCCO2)c1Oc1cccc(F)c1. The van der Waals surface area contributed by atoms with Crippen molar-refractivity contribution in [3.63, 3.8) is 0 Å². The molecule has 1 saturated heterocycles. The number of hydrogen-bond acceptors (Lipinski definition) is 6. The van der Waals surface area contributed by atoms with Crippen molar-refractivity contribution < 1.29 is 23.7 Å². The molecule has 204 valence electrons. The number of aryl methyl sites for hydroxylation is 1. The van der Waals surface area contributed by atoms with E-state index in [4.69, 9.17) is 19.3 Å². The number of rotatable bonds is 12. The van der Waals surface area contributed by atoms with E-state index >= 15 is 0 Å². The van der Waals surface area contributed by atoms with Crippen LogP contribution in [0.5, 0.6) is 17.4 Å². The molecule has 1 aliphatic rings. The van der Waals surface area contributed by atoms with E-state index in [1.54, 1.807) is 16.8 Å². The molecule has 1 aromatic heterocycles. The Balaban J connectivity index is 1.42. The summed E-state index contributed by atoms with van der Waals surface area (Å²) in [6, 6.07) is 25.4. The van der Waals surface area contributed by atoms with Crippen molar-refractivity contribution in [1.82, 2.24) is 14.7 Å². The molecule has 0 radical (unpaired) electrons. The summed E-state index contributed by atoms with van der Waals surface area (Å²) >= 11 is 0. The number of halogens is 1. The van der Waals surface area contributed by atoms with Gasteiger partial charge in [0.25, 0.3) is 0 Å². The summed E-state index contributed by atoms with van der Waals surface area (Å²) in [7, 11) is 1.82. The van der Waals surface area contributed by atoms with E-state index < -0.39 is 6.10 Å². The molecule has 0 bridgehead atoms. The van der Waals surface area contributed by atoms with Crippen LogP contribution in [0.15, 0.2) is 84.9 Å². The van der Waals surface area contributed by atoms with Gasteiger partial charge in [-0.05, 0) is 37.1 Å². The molecule has 0 aliphatic carbocycles. The Morgan fingerprint density at radius 2 is 1.79 bits per heavy atom. The number of benzene rings is 3. The van der Waals surface area contributed by atoms with Crippen LogP contribution in [0.1, 0.15) is 18.4 Å². The number of aliphatic hydroxyl groups excluding tert-OH is 1. The molecule has 0 saturated carbocycles. The summed E-state index contributed by atoms with van der Waals surface area (Å²) in [5.41, 5.74) is 2.57. The van der Waals surface area contributed by atoms with Crippen LogP contribution in [-0.2, 0) is 18.3 Å². The molecule has 2 unspecified atom stereocenters. The molecule has 3 aromatic carbocycles. The van der Waals surface area contributed by atoms with E-state index in [9.17, 15) is 9.50 Å². The van der Waals surface area contributed by atoms with Gasteiger partial charge in [0.1, 0.15) is 35.7 Å². The lowest BCUT2D eigenvalue weighted by atomic mass is 10.1. The lowest BCUT2D eigenvalue weighted by Gasteiger charge is -2.28. The van der Waals surface area contributed by atoms with Crippen molar-refractivity contribution in [2.24, 2.45) is 7.05 Å². The molecule has 0 amide bonds. The third kappa shape index (κ3) is 7.23. The van der Waals surface area contributed by atoms with Crippen LogP contribution in [0.2, 0.25) is 0 Å². The fraction of sp³-hybridized carbons (Fsp3) is 0.323. The Morgan fingerprint density at radius 1 is 1.05 bits per heavy atom. The third-order valence-electron chi connectivity index (χ3n) is 6.67. The maximum absolute atomic E-state index is 14.0. The minimum Gasteiger partial charge on any atom is -0.491 e. The highest BCUT2D eigenvalue weighted by Gasteiger charge is 2.26. The van der Waals surface area contributed by atoms with Gasteiger partial charge in [-0.2, -0.15) is 5.10 Å². The van der Waals surface area contributed by atoms with Gasteiger partial charge in [-0.15, -0.1) is 0 Å². The summed E-state index contributed by atoms with van der Waals surface area (Å²) in [5, 5.41) is 15.8. The lowest BCUT2D eigenvalue weighted by molar-refractivity contribution is 0.0312. The van der Waals surface area contributed by atoms with Gasteiger partial charge >= 0.3 is 0 Å². The van der Waals surface area contributed by atoms with Crippen molar-refractivity contribution in [3.05, 3.63) is 96.3 Å². The number of aromatic nitrogens is 2. The molecular formula is C31H34FN3O4. The molecule has 1 N–H and O–H groups in total. The van der Waals surface area contributed by atoms with Crippen LogP contribution >= 0.6 is 0 Å². The summed E-state index contributed by atoms with van der Waals surface area (Å²) in [6.45, 7) is 2.37. The molecule has 2 heterocycles. The Kier molecular flexibility index (Phi) is 8.88. The minimum atomic E-state index is -0.726. The zero-order chi connectivity index (χ0) is 27.0. The Morgan fingerprint density at radius 3 is 2.51 bits per heavy atom. The molecule has 5 rings (SSSR count). The Hall–Kier alpha value is -3.72. The molecule has 0 spiro atoms. The van der Waals surface area contributed by atoms with Crippen molar-refractivity contribution in [3.8, 4) is 28.6 Å². The highest BCUT2D eigenvalue weighted by Crippen LogP contribution is 2.34. The van der Waals surface area contributed by atoms with Crippen LogP contribution in [0.25, 0.3) is 11.3 Å². The van der Waals surface area contributed by atoms with Crippen molar-refractivity contribution >= 4 is 0 Å². The van der Waals surface area contributed by atoms with Crippen molar-refractivity contribution in [2.75, 3.05) is 26.3 Å². The van der Waals surface area contributed by atoms with Gasteiger partial charge in [-0.25, -0.2) is 9.07 Å². The lowest BCUT2D eigenvalue weighted by Crippen LogP contribution is -2.39. The van der Waals surface area contributed by atoms with E-state index in [1.165, 1.54) is 12.1 Å². The zero-order valence-electron chi connectivity index (χ0n) is 22.1. The van der Waals surface area contributed by atoms with Gasteiger partial charge in [0, 0.05) is 44.9 Å². The second kappa shape index (κ2) is 12.9. The summed E-state index contributed by atoms with van der Waals surface area (Å²) in [5.74, 6) is 1.25. The average Bonchev–Trinajstić information content (AvgIpc) is 3.57.